The molecule has 1 aromatic carbocycles. The van der Waals surface area contributed by atoms with Crippen LogP contribution in [0.25, 0.3) is 0 Å². The fraction of sp³-hybridized carbons (Fsp3) is 0.400. The maximum absolute atomic E-state index is 12.8. The number of anilines is 1. The van der Waals surface area contributed by atoms with Crippen LogP contribution in [0.5, 0.6) is 0 Å². The van der Waals surface area contributed by atoms with E-state index in [1.54, 1.807) is 11.9 Å². The SMILES string of the molecule is Cc1ccc(N(CCC#N)C(=O)C(C)Sc2nnnn2C)cc1. The first-order chi connectivity index (χ1) is 11.0. The van der Waals surface area contributed by atoms with Crippen molar-refractivity contribution in [3.8, 4) is 6.07 Å². The lowest BCUT2D eigenvalue weighted by atomic mass is 10.2. The molecule has 1 unspecified atom stereocenters. The highest BCUT2D eigenvalue weighted by Gasteiger charge is 2.24. The highest BCUT2D eigenvalue weighted by atomic mass is 32.2. The molecule has 0 saturated heterocycles. The maximum Gasteiger partial charge on any atom is 0.240 e. The molecule has 0 aliphatic rings. The summed E-state index contributed by atoms with van der Waals surface area (Å²) in [7, 11) is 1.73. The number of amides is 1. The van der Waals surface area contributed by atoms with Crippen molar-refractivity contribution >= 4 is 23.4 Å². The van der Waals surface area contributed by atoms with E-state index >= 15 is 0 Å². The third kappa shape index (κ3) is 4.29. The predicted molar refractivity (Wildman–Crippen MR) is 87.9 cm³/mol. The molecular formula is C15H18N6OS. The van der Waals surface area contributed by atoms with E-state index in [1.807, 2.05) is 38.1 Å². The minimum atomic E-state index is -0.361. The van der Waals surface area contributed by atoms with E-state index in [4.69, 9.17) is 5.26 Å². The Morgan fingerprint density at radius 3 is 2.70 bits per heavy atom. The second-order valence-corrected chi connectivity index (χ2v) is 6.39. The molecule has 0 fully saturated rings. The number of tetrazole rings is 1. The summed E-state index contributed by atoms with van der Waals surface area (Å²) < 4.78 is 1.53. The lowest BCUT2D eigenvalue weighted by Gasteiger charge is -2.24. The van der Waals surface area contributed by atoms with Crippen molar-refractivity contribution in [3.63, 3.8) is 0 Å². The smallest absolute Gasteiger partial charge is 0.240 e. The minimum absolute atomic E-state index is 0.0721. The van der Waals surface area contributed by atoms with E-state index in [2.05, 4.69) is 21.6 Å². The monoisotopic (exact) mass is 330 g/mol. The van der Waals surface area contributed by atoms with E-state index < -0.39 is 0 Å². The molecule has 0 N–H and O–H groups in total. The lowest BCUT2D eigenvalue weighted by Crippen LogP contribution is -2.37. The molecule has 2 rings (SSSR count). The van der Waals surface area contributed by atoms with Crippen LogP contribution < -0.4 is 4.90 Å². The van der Waals surface area contributed by atoms with Crippen LogP contribution in [-0.4, -0.2) is 37.9 Å². The van der Waals surface area contributed by atoms with Gasteiger partial charge in [0.05, 0.1) is 17.7 Å². The Hall–Kier alpha value is -2.40. The van der Waals surface area contributed by atoms with Gasteiger partial charge < -0.3 is 4.90 Å². The maximum atomic E-state index is 12.8. The van der Waals surface area contributed by atoms with Crippen LogP contribution in [0, 0.1) is 18.3 Å². The Morgan fingerprint density at radius 2 is 2.13 bits per heavy atom. The standard InChI is InChI=1S/C15H18N6OS/c1-11-5-7-13(8-6-11)21(10-4-9-16)14(22)12(2)23-15-17-18-19-20(15)3/h5-8,12H,4,10H2,1-3H3. The van der Waals surface area contributed by atoms with Crippen LogP contribution in [0.1, 0.15) is 18.9 Å². The molecule has 23 heavy (non-hydrogen) atoms. The summed E-state index contributed by atoms with van der Waals surface area (Å²) in [5, 5.41) is 20.3. The van der Waals surface area contributed by atoms with Gasteiger partial charge in [0.25, 0.3) is 0 Å². The number of hydrogen-bond donors (Lipinski definition) is 0. The van der Waals surface area contributed by atoms with Gasteiger partial charge in [0.2, 0.25) is 11.1 Å². The number of carbonyl (C=O) groups is 1. The van der Waals surface area contributed by atoms with Crippen molar-refractivity contribution in [2.75, 3.05) is 11.4 Å². The molecule has 1 heterocycles. The molecule has 0 aliphatic carbocycles. The Bertz CT molecular complexity index is 706. The van der Waals surface area contributed by atoms with Crippen LogP contribution in [-0.2, 0) is 11.8 Å². The third-order valence-corrected chi connectivity index (χ3v) is 4.38. The van der Waals surface area contributed by atoms with Gasteiger partial charge in [-0.05, 0) is 36.4 Å². The van der Waals surface area contributed by atoms with Crippen molar-refractivity contribution in [1.29, 1.82) is 5.26 Å². The Labute approximate surface area is 139 Å². The van der Waals surface area contributed by atoms with Crippen LogP contribution in [0.3, 0.4) is 0 Å². The van der Waals surface area contributed by atoms with E-state index in [0.717, 1.165) is 11.3 Å². The first-order valence-corrected chi connectivity index (χ1v) is 8.05. The molecule has 1 aromatic heterocycles. The van der Waals surface area contributed by atoms with Gasteiger partial charge in [-0.1, -0.05) is 29.5 Å². The van der Waals surface area contributed by atoms with Gasteiger partial charge in [-0.15, -0.1) is 5.10 Å². The molecule has 2 aromatic rings. The highest BCUT2D eigenvalue weighted by molar-refractivity contribution is 8.00. The normalized spacial score (nSPS) is 11.7. The summed E-state index contributed by atoms with van der Waals surface area (Å²) >= 11 is 1.30. The summed E-state index contributed by atoms with van der Waals surface area (Å²) in [5.74, 6) is -0.0721. The Morgan fingerprint density at radius 1 is 1.43 bits per heavy atom. The lowest BCUT2D eigenvalue weighted by molar-refractivity contribution is -0.117. The Kier molecular flexibility index (Phi) is 5.71. The highest BCUT2D eigenvalue weighted by Crippen LogP contribution is 2.24. The number of nitrogens with zero attached hydrogens (tertiary/aromatic N) is 6. The zero-order chi connectivity index (χ0) is 16.8. The summed E-state index contributed by atoms with van der Waals surface area (Å²) in [6.45, 7) is 4.17. The van der Waals surface area contributed by atoms with Crippen molar-refractivity contribution in [1.82, 2.24) is 20.2 Å². The average molecular weight is 330 g/mol. The number of thioether (sulfide) groups is 1. The molecule has 7 nitrogen and oxygen atoms in total. The molecule has 0 radical (unpaired) electrons. The summed E-state index contributed by atoms with van der Waals surface area (Å²) in [4.78, 5) is 14.4. The summed E-state index contributed by atoms with van der Waals surface area (Å²) in [6.07, 6.45) is 0.280. The largest absolute Gasteiger partial charge is 0.310 e. The molecule has 0 aliphatic heterocycles. The molecular weight excluding hydrogens is 312 g/mol. The quantitative estimate of drug-likeness (QED) is 0.752. The van der Waals surface area contributed by atoms with Gasteiger partial charge in [0.1, 0.15) is 0 Å². The number of rotatable bonds is 6. The van der Waals surface area contributed by atoms with Gasteiger partial charge in [0.15, 0.2) is 0 Å². The van der Waals surface area contributed by atoms with Gasteiger partial charge in [-0.25, -0.2) is 4.68 Å². The number of nitriles is 1. The van der Waals surface area contributed by atoms with Gasteiger partial charge in [-0.2, -0.15) is 5.26 Å². The number of hydrogen-bond acceptors (Lipinski definition) is 6. The third-order valence-electron chi connectivity index (χ3n) is 3.27. The van der Waals surface area contributed by atoms with E-state index in [9.17, 15) is 4.79 Å². The number of aromatic nitrogens is 4. The molecule has 1 atom stereocenters. The van der Waals surface area contributed by atoms with Crippen LogP contribution >= 0.6 is 11.8 Å². The average Bonchev–Trinajstić information content (AvgIpc) is 2.94. The topological polar surface area (TPSA) is 87.7 Å². The molecule has 8 heteroatoms. The summed E-state index contributed by atoms with van der Waals surface area (Å²) in [5.41, 5.74) is 1.91. The predicted octanol–water partition coefficient (Wildman–Crippen LogP) is 1.95. The minimum Gasteiger partial charge on any atom is -0.310 e. The van der Waals surface area contributed by atoms with Gasteiger partial charge in [0, 0.05) is 19.3 Å². The molecule has 0 spiro atoms. The first-order valence-electron chi connectivity index (χ1n) is 7.17. The van der Waals surface area contributed by atoms with Crippen molar-refractivity contribution in [3.05, 3.63) is 29.8 Å². The van der Waals surface area contributed by atoms with Gasteiger partial charge >= 0.3 is 0 Å². The van der Waals surface area contributed by atoms with E-state index in [0.29, 0.717) is 11.7 Å². The second-order valence-electron chi connectivity index (χ2n) is 5.08. The van der Waals surface area contributed by atoms with Crippen molar-refractivity contribution < 1.29 is 4.79 Å². The van der Waals surface area contributed by atoms with Gasteiger partial charge in [-0.3, -0.25) is 4.79 Å². The van der Waals surface area contributed by atoms with Crippen LogP contribution in [0.4, 0.5) is 5.69 Å². The zero-order valence-electron chi connectivity index (χ0n) is 13.3. The molecule has 1 amide bonds. The van der Waals surface area contributed by atoms with E-state index in [1.165, 1.54) is 16.4 Å². The molecule has 0 bridgehead atoms. The summed E-state index contributed by atoms with van der Waals surface area (Å²) in [6, 6.07) is 9.78. The fourth-order valence-electron chi connectivity index (χ4n) is 2.00. The molecule has 0 saturated carbocycles. The number of aryl methyl sites for hydroxylation is 2. The van der Waals surface area contributed by atoms with Crippen molar-refractivity contribution in [2.45, 2.75) is 30.7 Å². The Balaban J connectivity index is 2.17. The number of benzene rings is 1. The van der Waals surface area contributed by atoms with E-state index in [-0.39, 0.29) is 17.6 Å². The fourth-order valence-corrected chi connectivity index (χ4v) is 2.82. The zero-order valence-corrected chi connectivity index (χ0v) is 14.1. The van der Waals surface area contributed by atoms with Crippen molar-refractivity contribution in [2.24, 2.45) is 7.05 Å². The number of carbonyl (C=O) groups excluding carboxylic acids is 1. The first kappa shape index (κ1) is 17.0. The molecule has 120 valence electrons. The second kappa shape index (κ2) is 7.74. The van der Waals surface area contributed by atoms with Crippen LogP contribution in [0.15, 0.2) is 29.4 Å². The van der Waals surface area contributed by atoms with Crippen LogP contribution in [0.2, 0.25) is 0 Å².